The summed E-state index contributed by atoms with van der Waals surface area (Å²) >= 11 is 0. The molecule has 2 unspecified atom stereocenters. The molecule has 0 saturated heterocycles. The van der Waals surface area contributed by atoms with E-state index in [0.717, 1.165) is 25.1 Å². The van der Waals surface area contributed by atoms with Crippen LogP contribution in [0.3, 0.4) is 0 Å². The van der Waals surface area contributed by atoms with Crippen LogP contribution in [0.15, 0.2) is 29.5 Å². The largest absolute Gasteiger partial charge is 0.544 e. The van der Waals surface area contributed by atoms with Crippen LogP contribution < -0.4 is 10.8 Å². The Balaban J connectivity index is 2.16. The van der Waals surface area contributed by atoms with E-state index in [1.165, 1.54) is 51.4 Å². The summed E-state index contributed by atoms with van der Waals surface area (Å²) in [7, 11) is 0. The average Bonchev–Trinajstić information content (AvgIpc) is 2.99. The van der Waals surface area contributed by atoms with Gasteiger partial charge in [0.25, 0.3) is 0 Å². The van der Waals surface area contributed by atoms with Gasteiger partial charge in [-0.3, -0.25) is 5.73 Å². The van der Waals surface area contributed by atoms with Crippen molar-refractivity contribution >= 4 is 11.8 Å². The van der Waals surface area contributed by atoms with Crippen LogP contribution in [0, 0.1) is 0 Å². The van der Waals surface area contributed by atoms with E-state index < -0.39 is 5.97 Å². The maximum absolute atomic E-state index is 11.1. The molecule has 0 amide bonds. The first kappa shape index (κ1) is 22.6. The molecule has 0 aromatic carbocycles. The molecule has 148 valence electrons. The van der Waals surface area contributed by atoms with E-state index in [4.69, 9.17) is 5.73 Å². The predicted octanol–water partition coefficient (Wildman–Crippen LogP) is 3.61. The molecule has 1 heterocycles. The van der Waals surface area contributed by atoms with Gasteiger partial charge in [-0.1, -0.05) is 57.6 Å². The third kappa shape index (κ3) is 7.83. The number of nitrogens with two attached hydrogens (primary N) is 1. The van der Waals surface area contributed by atoms with Gasteiger partial charge in [-0.25, -0.2) is 9.48 Å². The van der Waals surface area contributed by atoms with E-state index in [1.807, 2.05) is 6.92 Å². The highest BCUT2D eigenvalue weighted by Crippen LogP contribution is 2.23. The molecular formula is C21H37N3O2. The molecule has 0 radical (unpaired) electrons. The minimum atomic E-state index is -1.09. The number of aliphatic imine (C=N–C) groups is 1. The van der Waals surface area contributed by atoms with Crippen molar-refractivity contribution in [2.24, 2.45) is 10.7 Å². The van der Waals surface area contributed by atoms with Gasteiger partial charge < -0.3 is 9.90 Å². The molecule has 0 aliphatic carbocycles. The summed E-state index contributed by atoms with van der Waals surface area (Å²) in [4.78, 5) is 15.5. The van der Waals surface area contributed by atoms with Crippen molar-refractivity contribution in [2.75, 3.05) is 6.54 Å². The minimum Gasteiger partial charge on any atom is -0.544 e. The van der Waals surface area contributed by atoms with Crippen molar-refractivity contribution in [1.29, 1.82) is 0 Å². The van der Waals surface area contributed by atoms with E-state index >= 15 is 0 Å². The van der Waals surface area contributed by atoms with E-state index in [0.29, 0.717) is 0 Å². The highest BCUT2D eigenvalue weighted by molar-refractivity contribution is 5.81. The Morgan fingerprint density at radius 1 is 1.15 bits per heavy atom. The first-order chi connectivity index (χ1) is 12.5. The van der Waals surface area contributed by atoms with E-state index in [1.54, 1.807) is 12.4 Å². The molecule has 1 aliphatic rings. The van der Waals surface area contributed by atoms with Crippen LogP contribution in [-0.4, -0.2) is 29.0 Å². The molecule has 1 aliphatic heterocycles. The van der Waals surface area contributed by atoms with Crippen LogP contribution in [0.1, 0.15) is 84.5 Å². The normalized spacial score (nSPS) is 20.7. The molecule has 2 atom stereocenters. The Kier molecular flexibility index (Phi) is 11.1. The number of aliphatic carboxylic acids is 1. The molecule has 5 nitrogen and oxygen atoms in total. The lowest BCUT2D eigenvalue weighted by molar-refractivity contribution is -0.808. The molecule has 2 N–H and O–H groups in total. The Morgan fingerprint density at radius 2 is 1.77 bits per heavy atom. The van der Waals surface area contributed by atoms with E-state index in [9.17, 15) is 9.90 Å². The lowest BCUT2D eigenvalue weighted by Gasteiger charge is -2.36. The number of nitrogens with zero attached hydrogens (tertiary/aromatic N) is 2. The predicted molar refractivity (Wildman–Crippen MR) is 106 cm³/mol. The molecule has 0 fully saturated rings. The highest BCUT2D eigenvalue weighted by Gasteiger charge is 2.38. The standard InChI is InChI=1S/C21H37N3O2/c1-3-4-5-6-7-8-9-10-11-12-13-14-15-20-23-16-17-24(20,19(2)22)18-21(25)26/h6-7,16-17,19H,3-5,8-15,18,22H2,1-2H3/b7-6+. The smallest absolute Gasteiger partial charge is 0.209 e. The van der Waals surface area contributed by atoms with Gasteiger partial charge in [0.15, 0.2) is 0 Å². The zero-order chi connectivity index (χ0) is 19.3. The van der Waals surface area contributed by atoms with Gasteiger partial charge in [0, 0.05) is 13.3 Å². The molecule has 0 spiro atoms. The van der Waals surface area contributed by atoms with Gasteiger partial charge in [0.2, 0.25) is 5.84 Å². The van der Waals surface area contributed by atoms with Crippen molar-refractivity contribution in [3.05, 3.63) is 24.6 Å². The molecular weight excluding hydrogens is 326 g/mol. The summed E-state index contributed by atoms with van der Waals surface area (Å²) in [5.74, 6) is -0.244. The van der Waals surface area contributed by atoms with Gasteiger partial charge in [-0.15, -0.1) is 0 Å². The lowest BCUT2D eigenvalue weighted by atomic mass is 10.1. The van der Waals surface area contributed by atoms with E-state index in [-0.39, 0.29) is 17.2 Å². The molecule has 0 bridgehead atoms. The average molecular weight is 364 g/mol. The van der Waals surface area contributed by atoms with Gasteiger partial charge in [-0.05, 0) is 25.7 Å². The van der Waals surface area contributed by atoms with Crippen LogP contribution in [0.5, 0.6) is 0 Å². The Hall–Kier alpha value is -1.46. The van der Waals surface area contributed by atoms with Crippen LogP contribution in [0.25, 0.3) is 0 Å². The minimum absolute atomic E-state index is 0.104. The van der Waals surface area contributed by atoms with Crippen molar-refractivity contribution in [3.8, 4) is 0 Å². The highest BCUT2D eigenvalue weighted by atomic mass is 16.4. The second-order valence-corrected chi connectivity index (χ2v) is 7.32. The second-order valence-electron chi connectivity index (χ2n) is 7.32. The number of carboxylic acid groups (broad SMARTS) is 1. The van der Waals surface area contributed by atoms with Crippen LogP contribution >= 0.6 is 0 Å². The van der Waals surface area contributed by atoms with Crippen LogP contribution in [0.4, 0.5) is 0 Å². The van der Waals surface area contributed by atoms with Gasteiger partial charge >= 0.3 is 0 Å². The fraction of sp³-hybridized carbons (Fsp3) is 0.714. The quantitative estimate of drug-likeness (QED) is 0.274. The van der Waals surface area contributed by atoms with Crippen molar-refractivity contribution in [1.82, 2.24) is 0 Å². The number of amidine groups is 1. The van der Waals surface area contributed by atoms with Crippen molar-refractivity contribution < 1.29 is 14.4 Å². The number of carboxylic acids is 1. The van der Waals surface area contributed by atoms with Gasteiger partial charge in [-0.2, -0.15) is 0 Å². The number of unbranched alkanes of at least 4 members (excludes halogenated alkanes) is 8. The number of allylic oxidation sites excluding steroid dienone is 2. The molecule has 1 rings (SSSR count). The van der Waals surface area contributed by atoms with Crippen molar-refractivity contribution in [2.45, 2.75) is 90.6 Å². The Labute approximate surface area is 159 Å². The van der Waals surface area contributed by atoms with Crippen LogP contribution in [-0.2, 0) is 4.79 Å². The number of hydrogen-bond acceptors (Lipinski definition) is 4. The van der Waals surface area contributed by atoms with E-state index in [2.05, 4.69) is 24.1 Å². The zero-order valence-corrected chi connectivity index (χ0v) is 16.7. The lowest BCUT2D eigenvalue weighted by Crippen LogP contribution is -2.60. The zero-order valence-electron chi connectivity index (χ0n) is 16.7. The Bertz CT molecular complexity index is 497. The monoisotopic (exact) mass is 363 g/mol. The summed E-state index contributed by atoms with van der Waals surface area (Å²) in [6.45, 7) is 3.91. The molecule has 0 aromatic heterocycles. The topological polar surface area (TPSA) is 78.5 Å². The number of hydrogen-bond donors (Lipinski definition) is 1. The molecule has 5 heteroatoms. The van der Waals surface area contributed by atoms with Gasteiger partial charge in [0.05, 0.1) is 12.2 Å². The van der Waals surface area contributed by atoms with Crippen LogP contribution in [0.2, 0.25) is 0 Å². The fourth-order valence-electron chi connectivity index (χ4n) is 3.39. The summed E-state index contributed by atoms with van der Waals surface area (Å²) in [5, 5.41) is 11.1. The summed E-state index contributed by atoms with van der Waals surface area (Å²) in [5.41, 5.74) is 6.05. The third-order valence-corrected chi connectivity index (χ3v) is 5.07. The van der Waals surface area contributed by atoms with Crippen molar-refractivity contribution in [3.63, 3.8) is 0 Å². The SMILES string of the molecule is CCCC/C=C/CCCCCCCCC1=NC=C[N+]1(CC(=O)[O-])C(C)N. The Morgan fingerprint density at radius 3 is 2.38 bits per heavy atom. The van der Waals surface area contributed by atoms with Gasteiger partial charge in [0.1, 0.15) is 18.9 Å². The first-order valence-corrected chi connectivity index (χ1v) is 10.3. The fourth-order valence-corrected chi connectivity index (χ4v) is 3.39. The molecule has 0 saturated carbocycles. The number of rotatable bonds is 15. The molecule has 26 heavy (non-hydrogen) atoms. The molecule has 0 aromatic rings. The summed E-state index contributed by atoms with van der Waals surface area (Å²) in [6.07, 6.45) is 20.7. The maximum Gasteiger partial charge on any atom is 0.209 e. The third-order valence-electron chi connectivity index (χ3n) is 5.07. The first-order valence-electron chi connectivity index (χ1n) is 10.3. The number of carbonyl (C=O) groups is 1. The summed E-state index contributed by atoms with van der Waals surface area (Å²) in [6, 6.07) is 0. The second kappa shape index (κ2) is 12.8. The number of carbonyl (C=O) groups excluding carboxylic acids is 1. The number of quaternary nitrogens is 1. The summed E-state index contributed by atoms with van der Waals surface area (Å²) < 4.78 is 0.104. The maximum atomic E-state index is 11.1.